The number of hydrogen-bond donors (Lipinski definition) is 2. The highest BCUT2D eigenvalue weighted by molar-refractivity contribution is 14.0. The summed E-state index contributed by atoms with van der Waals surface area (Å²) in [5.41, 5.74) is 0.884. The van der Waals surface area contributed by atoms with Crippen LogP contribution >= 0.6 is 24.0 Å². The van der Waals surface area contributed by atoms with Crippen LogP contribution in [-0.2, 0) is 6.54 Å². The van der Waals surface area contributed by atoms with Crippen molar-refractivity contribution in [1.82, 2.24) is 10.6 Å². The zero-order valence-corrected chi connectivity index (χ0v) is 20.9. The van der Waals surface area contributed by atoms with Gasteiger partial charge in [-0.2, -0.15) is 0 Å². The molecule has 0 aromatic heterocycles. The maximum absolute atomic E-state index is 14.1. The van der Waals surface area contributed by atoms with Gasteiger partial charge < -0.3 is 29.7 Å². The smallest absolute Gasteiger partial charge is 0.191 e. The number of benzene rings is 2. The number of anilines is 1. The monoisotopic (exact) mass is 562 g/mol. The molecule has 0 spiro atoms. The predicted molar refractivity (Wildman–Crippen MR) is 132 cm³/mol. The Morgan fingerprint density at radius 3 is 2.28 bits per heavy atom. The summed E-state index contributed by atoms with van der Waals surface area (Å²) in [4.78, 5) is 5.98. The summed E-state index contributed by atoms with van der Waals surface area (Å²) in [6, 6.07) is 7.53. The second-order valence-electron chi connectivity index (χ2n) is 7.09. The summed E-state index contributed by atoms with van der Waals surface area (Å²) in [6.07, 6.45) is 0.730. The zero-order chi connectivity index (χ0) is 22.4. The van der Waals surface area contributed by atoms with Crippen molar-refractivity contribution in [3.05, 3.63) is 47.5 Å². The largest absolute Gasteiger partial charge is 0.496 e. The van der Waals surface area contributed by atoms with Crippen molar-refractivity contribution in [2.24, 2.45) is 4.99 Å². The first kappa shape index (κ1) is 25.8. The van der Waals surface area contributed by atoms with Crippen molar-refractivity contribution >= 4 is 35.6 Å². The molecule has 0 radical (unpaired) electrons. The Hall–Kier alpha value is -2.50. The van der Waals surface area contributed by atoms with Crippen LogP contribution in [0.4, 0.5) is 14.5 Å². The second kappa shape index (κ2) is 11.9. The molecule has 176 valence electrons. The number of guanidine groups is 1. The van der Waals surface area contributed by atoms with E-state index in [9.17, 15) is 8.78 Å². The molecule has 0 bridgehead atoms. The average Bonchev–Trinajstić information content (AvgIpc) is 3.23. The Balaban J connectivity index is 0.00000363. The molecule has 1 aliphatic heterocycles. The van der Waals surface area contributed by atoms with E-state index in [-0.39, 0.29) is 35.7 Å². The Kier molecular flexibility index (Phi) is 9.60. The number of ether oxygens (including phenoxy) is 3. The highest BCUT2D eigenvalue weighted by Gasteiger charge is 2.27. The number of hydrogen-bond acceptors (Lipinski definition) is 5. The standard InChI is InChI=1S/C22H28F2N4O3.HI/c1-25-22(26-12-14-10-19(30-3)20(31-4)11-18(14)29-2)27-15-8-9-28(13-15)21-16(23)6-5-7-17(21)24;/h5-7,10-11,15H,8-9,12-13H2,1-4H3,(H2,25,26,27);1H. The Morgan fingerprint density at radius 2 is 1.69 bits per heavy atom. The van der Waals surface area contributed by atoms with Crippen molar-refractivity contribution in [3.8, 4) is 17.2 Å². The molecule has 2 aromatic rings. The minimum Gasteiger partial charge on any atom is -0.496 e. The first-order valence-corrected chi connectivity index (χ1v) is 9.95. The number of rotatable bonds is 7. The van der Waals surface area contributed by atoms with Gasteiger partial charge in [0, 0.05) is 44.4 Å². The predicted octanol–water partition coefficient (Wildman–Crippen LogP) is 3.55. The van der Waals surface area contributed by atoms with Crippen molar-refractivity contribution in [3.63, 3.8) is 0 Å². The summed E-state index contributed by atoms with van der Waals surface area (Å²) >= 11 is 0. The van der Waals surface area contributed by atoms with Crippen molar-refractivity contribution in [1.29, 1.82) is 0 Å². The van der Waals surface area contributed by atoms with E-state index < -0.39 is 11.6 Å². The van der Waals surface area contributed by atoms with E-state index in [4.69, 9.17) is 14.2 Å². The molecule has 0 saturated carbocycles. The SMILES string of the molecule is CN=C(NCc1cc(OC)c(OC)cc1OC)NC1CCN(c2c(F)cccc2F)C1.I. The van der Waals surface area contributed by atoms with Crippen LogP contribution < -0.4 is 29.7 Å². The normalized spacial score (nSPS) is 15.8. The lowest BCUT2D eigenvalue weighted by Crippen LogP contribution is -2.44. The van der Waals surface area contributed by atoms with Crippen LogP contribution in [0.2, 0.25) is 0 Å². The molecule has 10 heteroatoms. The van der Waals surface area contributed by atoms with Gasteiger partial charge in [0.25, 0.3) is 0 Å². The lowest BCUT2D eigenvalue weighted by Gasteiger charge is -2.21. The van der Waals surface area contributed by atoms with E-state index in [1.807, 2.05) is 6.07 Å². The van der Waals surface area contributed by atoms with Gasteiger partial charge in [0.1, 0.15) is 23.1 Å². The molecule has 1 fully saturated rings. The van der Waals surface area contributed by atoms with Gasteiger partial charge in [0.2, 0.25) is 0 Å². The van der Waals surface area contributed by atoms with E-state index in [2.05, 4.69) is 15.6 Å². The highest BCUT2D eigenvalue weighted by Crippen LogP contribution is 2.34. The van der Waals surface area contributed by atoms with Crippen LogP contribution in [0.15, 0.2) is 35.3 Å². The van der Waals surface area contributed by atoms with Gasteiger partial charge in [-0.25, -0.2) is 8.78 Å². The van der Waals surface area contributed by atoms with Gasteiger partial charge in [-0.05, 0) is 24.6 Å². The van der Waals surface area contributed by atoms with Crippen LogP contribution in [0.3, 0.4) is 0 Å². The van der Waals surface area contributed by atoms with E-state index in [1.54, 1.807) is 39.3 Å². The molecule has 1 aliphatic rings. The Bertz CT molecular complexity index is 925. The fourth-order valence-electron chi connectivity index (χ4n) is 3.67. The molecule has 1 saturated heterocycles. The number of aliphatic imine (C=N–C) groups is 1. The molecular weight excluding hydrogens is 533 g/mol. The molecule has 0 amide bonds. The molecule has 1 unspecified atom stereocenters. The van der Waals surface area contributed by atoms with Crippen LogP contribution in [0.5, 0.6) is 17.2 Å². The van der Waals surface area contributed by atoms with Crippen LogP contribution in [0.1, 0.15) is 12.0 Å². The van der Waals surface area contributed by atoms with Crippen molar-refractivity contribution in [2.75, 3.05) is 46.4 Å². The molecule has 1 atom stereocenters. The highest BCUT2D eigenvalue weighted by atomic mass is 127. The van der Waals surface area contributed by atoms with Crippen LogP contribution in [0.25, 0.3) is 0 Å². The fourth-order valence-corrected chi connectivity index (χ4v) is 3.67. The van der Waals surface area contributed by atoms with Gasteiger partial charge in [-0.15, -0.1) is 24.0 Å². The summed E-state index contributed by atoms with van der Waals surface area (Å²) < 4.78 is 44.3. The van der Waals surface area contributed by atoms with E-state index in [0.717, 1.165) is 12.0 Å². The quantitative estimate of drug-likeness (QED) is 0.306. The van der Waals surface area contributed by atoms with Gasteiger partial charge in [-0.1, -0.05) is 6.07 Å². The molecule has 1 heterocycles. The van der Waals surface area contributed by atoms with E-state index in [0.29, 0.717) is 42.8 Å². The molecule has 3 rings (SSSR count). The van der Waals surface area contributed by atoms with Gasteiger partial charge in [0.05, 0.1) is 21.3 Å². The molecule has 0 aliphatic carbocycles. The average molecular weight is 562 g/mol. The maximum Gasteiger partial charge on any atom is 0.191 e. The van der Waals surface area contributed by atoms with Crippen LogP contribution in [-0.4, -0.2) is 53.5 Å². The number of para-hydroxylation sites is 1. The van der Waals surface area contributed by atoms with E-state index >= 15 is 0 Å². The molecule has 7 nitrogen and oxygen atoms in total. The van der Waals surface area contributed by atoms with Crippen LogP contribution in [0, 0.1) is 11.6 Å². The number of nitrogens with one attached hydrogen (secondary N) is 2. The Morgan fingerprint density at radius 1 is 1.06 bits per heavy atom. The minimum atomic E-state index is -0.552. The Labute approximate surface area is 204 Å². The van der Waals surface area contributed by atoms with Gasteiger partial charge in [-0.3, -0.25) is 4.99 Å². The van der Waals surface area contributed by atoms with E-state index in [1.165, 1.54) is 18.2 Å². The number of halogens is 3. The number of nitrogens with zero attached hydrogens (tertiary/aromatic N) is 2. The molecule has 2 aromatic carbocycles. The number of methoxy groups -OCH3 is 3. The molecule has 32 heavy (non-hydrogen) atoms. The fraction of sp³-hybridized carbons (Fsp3) is 0.409. The third kappa shape index (κ3) is 5.84. The maximum atomic E-state index is 14.1. The lowest BCUT2D eigenvalue weighted by molar-refractivity contribution is 0.347. The topological polar surface area (TPSA) is 67.4 Å². The first-order chi connectivity index (χ1) is 15.0. The molecular formula is C22H29F2IN4O3. The molecule has 2 N–H and O–H groups in total. The summed E-state index contributed by atoms with van der Waals surface area (Å²) in [6.45, 7) is 1.45. The lowest BCUT2D eigenvalue weighted by atomic mass is 10.1. The van der Waals surface area contributed by atoms with Crippen molar-refractivity contribution in [2.45, 2.75) is 19.0 Å². The minimum absolute atomic E-state index is 0. The second-order valence-corrected chi connectivity index (χ2v) is 7.09. The summed E-state index contributed by atoms with van der Waals surface area (Å²) in [7, 11) is 6.41. The first-order valence-electron chi connectivity index (χ1n) is 9.95. The van der Waals surface area contributed by atoms with Crippen molar-refractivity contribution < 1.29 is 23.0 Å². The van der Waals surface area contributed by atoms with Gasteiger partial charge in [0.15, 0.2) is 17.5 Å². The summed E-state index contributed by atoms with van der Waals surface area (Å²) in [5, 5.41) is 6.57. The third-order valence-electron chi connectivity index (χ3n) is 5.24. The third-order valence-corrected chi connectivity index (χ3v) is 5.24. The zero-order valence-electron chi connectivity index (χ0n) is 18.6. The summed E-state index contributed by atoms with van der Waals surface area (Å²) in [5.74, 6) is 1.31. The van der Waals surface area contributed by atoms with Gasteiger partial charge >= 0.3 is 0 Å².